The van der Waals surface area contributed by atoms with E-state index >= 15 is 0 Å². The number of nitrogens with zero attached hydrogens (tertiary/aromatic N) is 2. The van der Waals surface area contributed by atoms with Crippen molar-refractivity contribution in [1.82, 2.24) is 29.9 Å². The van der Waals surface area contributed by atoms with E-state index in [1.807, 2.05) is 12.4 Å². The largest absolute Gasteiger partial charge is 0.364 e. The molecule has 396 valence electrons. The number of aromatic amines is 4. The highest BCUT2D eigenvalue weighted by atomic mass is 14.8. The standard InChI is InChI=1S/C71H82N6/c1-66(2,3)45-33-42(34-46(39-45)67(4,5)6)61-53-23-25-55(74-53)62(43-35-47(68(7,8)9)40-48(36-43)69(10,11)12)57-27-29-59(76-57)65(64(51-21-19-31-72-51)52-22-20-32-73-52)60-30-28-58(77-60)63(56-26-24-54(61)75-56)44-37-49(70(13,14)15)41-50(38-44)71(16,17)18/h19-41,64,72-74,77H,1-18H3. The molecule has 6 nitrogen and oxygen atoms in total. The molecule has 2 aliphatic heterocycles. The lowest BCUT2D eigenvalue weighted by Crippen LogP contribution is -2.16. The lowest BCUT2D eigenvalue weighted by molar-refractivity contribution is 0.568. The summed E-state index contributed by atoms with van der Waals surface area (Å²) in [5, 5.41) is 0. The second kappa shape index (κ2) is 18.8. The minimum absolute atomic E-state index is 0.100. The number of rotatable bonds is 6. The quantitative estimate of drug-likeness (QED) is 0.134. The number of nitrogens with one attached hydrogen (secondary N) is 4. The van der Waals surface area contributed by atoms with E-state index in [1.54, 1.807) is 0 Å². The van der Waals surface area contributed by atoms with Gasteiger partial charge in [0.25, 0.3) is 0 Å². The average molecular weight is 1020 g/mol. The number of H-pyrrole nitrogens is 4. The summed E-state index contributed by atoms with van der Waals surface area (Å²) >= 11 is 0. The molecule has 0 spiro atoms. The van der Waals surface area contributed by atoms with E-state index in [-0.39, 0.29) is 38.4 Å². The first-order valence-electron chi connectivity index (χ1n) is 27.8. The van der Waals surface area contributed by atoms with Gasteiger partial charge in [0.05, 0.1) is 28.7 Å². The molecule has 0 saturated carbocycles. The van der Waals surface area contributed by atoms with Crippen molar-refractivity contribution in [2.24, 2.45) is 0 Å². The number of benzene rings is 3. The van der Waals surface area contributed by atoms with Crippen LogP contribution in [0.4, 0.5) is 0 Å². The van der Waals surface area contributed by atoms with E-state index in [4.69, 9.17) is 9.97 Å². The van der Waals surface area contributed by atoms with Crippen molar-refractivity contribution >= 4 is 46.4 Å². The smallest absolute Gasteiger partial charge is 0.0737 e. The van der Waals surface area contributed by atoms with Crippen molar-refractivity contribution in [2.45, 2.75) is 163 Å². The van der Waals surface area contributed by atoms with Crippen molar-refractivity contribution in [3.05, 3.63) is 189 Å². The highest BCUT2D eigenvalue weighted by Gasteiger charge is 2.30. The third-order valence-corrected chi connectivity index (χ3v) is 15.8. The van der Waals surface area contributed by atoms with E-state index in [2.05, 4.69) is 272 Å². The Morgan fingerprint density at radius 1 is 0.325 bits per heavy atom. The van der Waals surface area contributed by atoms with Crippen LogP contribution in [-0.4, -0.2) is 29.9 Å². The first-order valence-corrected chi connectivity index (χ1v) is 27.8. The van der Waals surface area contributed by atoms with Gasteiger partial charge in [0.15, 0.2) is 0 Å². The highest BCUT2D eigenvalue weighted by Crippen LogP contribution is 2.44. The Bertz CT molecular complexity index is 3580. The monoisotopic (exact) mass is 1020 g/mol. The van der Waals surface area contributed by atoms with Crippen molar-refractivity contribution in [3.63, 3.8) is 0 Å². The summed E-state index contributed by atoms with van der Waals surface area (Å²) in [7, 11) is 0. The Balaban J connectivity index is 1.44. The maximum Gasteiger partial charge on any atom is 0.0737 e. The predicted octanol–water partition coefficient (Wildman–Crippen LogP) is 19.3. The zero-order valence-corrected chi connectivity index (χ0v) is 49.3. The van der Waals surface area contributed by atoms with Gasteiger partial charge in [-0.3, -0.25) is 0 Å². The van der Waals surface area contributed by atoms with Crippen LogP contribution in [0.25, 0.3) is 79.8 Å². The Kier molecular flexibility index (Phi) is 13.0. The lowest BCUT2D eigenvalue weighted by atomic mass is 9.78. The van der Waals surface area contributed by atoms with Crippen LogP contribution in [0.15, 0.2) is 116 Å². The molecule has 77 heavy (non-hydrogen) atoms. The molecule has 0 amide bonds. The minimum atomic E-state index is -0.215. The fourth-order valence-electron chi connectivity index (χ4n) is 10.9. The molecule has 0 aliphatic carbocycles. The van der Waals surface area contributed by atoms with Crippen LogP contribution < -0.4 is 0 Å². The minimum Gasteiger partial charge on any atom is -0.364 e. The normalized spacial score (nSPS) is 13.6. The predicted molar refractivity (Wildman–Crippen MR) is 330 cm³/mol. The van der Waals surface area contributed by atoms with Crippen LogP contribution in [-0.2, 0) is 32.5 Å². The molecule has 7 heterocycles. The van der Waals surface area contributed by atoms with Gasteiger partial charge >= 0.3 is 0 Å². The molecule has 10 rings (SSSR count). The second-order valence-corrected chi connectivity index (χ2v) is 28.1. The first kappa shape index (κ1) is 53.2. The van der Waals surface area contributed by atoms with Crippen LogP contribution in [0.3, 0.4) is 0 Å². The summed E-state index contributed by atoms with van der Waals surface area (Å²) in [5.74, 6) is -0.215. The molecule has 5 aromatic heterocycles. The molecular weight excluding hydrogens is 937 g/mol. The number of aromatic nitrogens is 6. The Morgan fingerprint density at radius 3 is 0.883 bits per heavy atom. The topological polar surface area (TPSA) is 88.9 Å². The van der Waals surface area contributed by atoms with E-state index in [0.29, 0.717) is 0 Å². The average Bonchev–Trinajstić information content (AvgIpc) is 4.20. The van der Waals surface area contributed by atoms with E-state index in [9.17, 15) is 0 Å². The molecule has 0 fully saturated rings. The Hall–Kier alpha value is -7.18. The molecule has 6 heteroatoms. The SMILES string of the molecule is CC(C)(C)c1cc(-c2c3nc(c(-c4cc(C(C)(C)C)cc(C(C)(C)C)c4)c4ccc([nH]4)c(C(c4ccc[nH]4)c4ccc[nH]4)c4nc(c(-c5cc(C(C)(C)C)cc(C(C)(C)C)c5)c5ccc2[nH]5)C=C4)C=C3)cc(C(C)(C)C)c1. The number of fused-ring (bicyclic) bond motifs is 8. The van der Waals surface area contributed by atoms with Gasteiger partial charge < -0.3 is 19.9 Å². The van der Waals surface area contributed by atoms with Crippen LogP contribution in [0.5, 0.6) is 0 Å². The van der Waals surface area contributed by atoms with Crippen LogP contribution in [0.1, 0.15) is 204 Å². The molecule has 8 aromatic rings. The van der Waals surface area contributed by atoms with E-state index < -0.39 is 0 Å². The molecule has 3 aromatic carbocycles. The maximum absolute atomic E-state index is 5.84. The zero-order chi connectivity index (χ0) is 55.4. The van der Waals surface area contributed by atoms with Crippen LogP contribution in [0.2, 0.25) is 0 Å². The zero-order valence-electron chi connectivity index (χ0n) is 49.3. The Labute approximate surface area is 459 Å². The second-order valence-electron chi connectivity index (χ2n) is 28.1. The number of hydrogen-bond acceptors (Lipinski definition) is 2. The summed E-state index contributed by atoms with van der Waals surface area (Å²) in [6.45, 7) is 41.7. The van der Waals surface area contributed by atoms with Crippen molar-refractivity contribution in [3.8, 4) is 33.4 Å². The van der Waals surface area contributed by atoms with Gasteiger partial charge in [-0.1, -0.05) is 179 Å². The van der Waals surface area contributed by atoms with Gasteiger partial charge in [0.2, 0.25) is 0 Å². The van der Waals surface area contributed by atoms with Crippen molar-refractivity contribution < 1.29 is 0 Å². The van der Waals surface area contributed by atoms with Gasteiger partial charge in [0, 0.05) is 68.1 Å². The molecule has 8 bridgehead atoms. The highest BCUT2D eigenvalue weighted by molar-refractivity contribution is 5.98. The molecule has 0 unspecified atom stereocenters. The third kappa shape index (κ3) is 10.5. The van der Waals surface area contributed by atoms with Crippen LogP contribution >= 0.6 is 0 Å². The molecule has 2 aliphatic rings. The first-order chi connectivity index (χ1) is 35.9. The van der Waals surface area contributed by atoms with Gasteiger partial charge in [0.1, 0.15) is 0 Å². The van der Waals surface area contributed by atoms with Crippen molar-refractivity contribution in [2.75, 3.05) is 0 Å². The number of hydrogen-bond donors (Lipinski definition) is 4. The molecule has 0 atom stereocenters. The molecule has 4 N–H and O–H groups in total. The van der Waals surface area contributed by atoms with E-state index in [0.717, 1.165) is 95.2 Å². The Morgan fingerprint density at radius 2 is 0.597 bits per heavy atom. The van der Waals surface area contributed by atoms with Gasteiger partial charge in [-0.2, -0.15) is 0 Å². The summed E-state index contributed by atoms with van der Waals surface area (Å²) < 4.78 is 0. The fraction of sp³-hybridized carbons (Fsp3) is 0.352. The molecule has 0 saturated heterocycles. The molecule has 0 radical (unpaired) electrons. The van der Waals surface area contributed by atoms with E-state index in [1.165, 1.54) is 33.4 Å². The van der Waals surface area contributed by atoms with Crippen LogP contribution in [0, 0.1) is 0 Å². The summed E-state index contributed by atoms with van der Waals surface area (Å²) in [5.41, 5.74) is 24.4. The third-order valence-electron chi connectivity index (χ3n) is 15.8. The maximum atomic E-state index is 5.84. The fourth-order valence-corrected chi connectivity index (χ4v) is 10.9. The lowest BCUT2D eigenvalue weighted by Gasteiger charge is -2.26. The van der Waals surface area contributed by atoms with Gasteiger partial charge in [-0.25, -0.2) is 9.97 Å². The summed E-state index contributed by atoms with van der Waals surface area (Å²) in [6, 6.07) is 39.2. The summed E-state index contributed by atoms with van der Waals surface area (Å²) in [4.78, 5) is 27.1. The summed E-state index contributed by atoms with van der Waals surface area (Å²) in [6.07, 6.45) is 13.0. The molecular formula is C71H82N6. The van der Waals surface area contributed by atoms with Gasteiger partial charge in [-0.05, 0) is 155 Å². The van der Waals surface area contributed by atoms with Gasteiger partial charge in [-0.15, -0.1) is 0 Å². The van der Waals surface area contributed by atoms with Crippen molar-refractivity contribution in [1.29, 1.82) is 0 Å².